The van der Waals surface area contributed by atoms with Gasteiger partial charge in [0.15, 0.2) is 5.13 Å². The number of carbonyl (C=O) groups excluding carboxylic acids is 2. The van der Waals surface area contributed by atoms with Gasteiger partial charge in [-0.15, -0.1) is 0 Å². The maximum atomic E-state index is 12.4. The molecule has 3 heterocycles. The van der Waals surface area contributed by atoms with E-state index in [1.807, 2.05) is 31.6 Å². The first-order valence-corrected chi connectivity index (χ1v) is 11.7. The number of esters is 1. The summed E-state index contributed by atoms with van der Waals surface area (Å²) in [5, 5.41) is 12.7. The van der Waals surface area contributed by atoms with Gasteiger partial charge in [0.05, 0.1) is 18.0 Å². The first-order chi connectivity index (χ1) is 16.3. The van der Waals surface area contributed by atoms with E-state index >= 15 is 0 Å². The van der Waals surface area contributed by atoms with Crippen molar-refractivity contribution in [1.82, 2.24) is 19.7 Å². The highest BCUT2D eigenvalue weighted by molar-refractivity contribution is 7.17. The third-order valence-electron chi connectivity index (χ3n) is 5.02. The number of ether oxygens (including phenoxy) is 1. The number of pyridine rings is 1. The van der Waals surface area contributed by atoms with Crippen LogP contribution in [0.25, 0.3) is 21.9 Å². The summed E-state index contributed by atoms with van der Waals surface area (Å²) in [4.78, 5) is 33.7. The standard InChI is InChI=1S/C24H26N6O3S/c1-14(2)33-23(32)21-15(3)28-24(34-21)29-20(31)8-10-26-22-19-11-17(18-12-27-30(4)13-18)6-5-16(19)7-9-25-22/h5-7,9,11-14H,8,10H2,1-4H3,(H,25,26)(H,28,29,31). The predicted molar refractivity (Wildman–Crippen MR) is 133 cm³/mol. The SMILES string of the molecule is Cc1nc(NC(=O)CCNc2nccc3ccc(-c4cnn(C)c4)cc23)sc1C(=O)OC(C)C. The molecule has 0 aliphatic rings. The Balaban J connectivity index is 1.39. The molecule has 0 radical (unpaired) electrons. The second-order valence-corrected chi connectivity index (χ2v) is 9.11. The smallest absolute Gasteiger partial charge is 0.350 e. The van der Waals surface area contributed by atoms with E-state index < -0.39 is 5.97 Å². The second kappa shape index (κ2) is 10.0. The molecule has 0 atom stereocenters. The highest BCUT2D eigenvalue weighted by Gasteiger charge is 2.19. The number of anilines is 2. The number of aromatic nitrogens is 4. The summed E-state index contributed by atoms with van der Waals surface area (Å²) in [5.74, 6) is 0.0704. The molecule has 34 heavy (non-hydrogen) atoms. The van der Waals surface area contributed by atoms with Gasteiger partial charge in [0.2, 0.25) is 5.91 Å². The van der Waals surface area contributed by atoms with Crippen LogP contribution < -0.4 is 10.6 Å². The van der Waals surface area contributed by atoms with Crippen LogP contribution in [0.4, 0.5) is 10.9 Å². The largest absolute Gasteiger partial charge is 0.459 e. The summed E-state index contributed by atoms with van der Waals surface area (Å²) in [6.07, 6.45) is 5.52. The quantitative estimate of drug-likeness (QED) is 0.361. The van der Waals surface area contributed by atoms with Crippen LogP contribution in [0.1, 0.15) is 35.6 Å². The Bertz CT molecular complexity index is 1340. The summed E-state index contributed by atoms with van der Waals surface area (Å²) in [5.41, 5.74) is 2.60. The molecule has 0 spiro atoms. The van der Waals surface area contributed by atoms with Crippen LogP contribution in [-0.2, 0) is 16.6 Å². The van der Waals surface area contributed by atoms with Gasteiger partial charge in [-0.25, -0.2) is 14.8 Å². The Morgan fingerprint density at radius 3 is 2.76 bits per heavy atom. The number of hydrogen-bond donors (Lipinski definition) is 2. The Morgan fingerprint density at radius 1 is 1.21 bits per heavy atom. The van der Waals surface area contributed by atoms with Crippen molar-refractivity contribution in [2.24, 2.45) is 7.05 Å². The lowest BCUT2D eigenvalue weighted by Gasteiger charge is -2.10. The molecule has 0 bridgehead atoms. The number of rotatable bonds is 8. The van der Waals surface area contributed by atoms with Crippen molar-refractivity contribution in [2.75, 3.05) is 17.2 Å². The number of nitrogens with zero attached hydrogens (tertiary/aromatic N) is 4. The first-order valence-electron chi connectivity index (χ1n) is 10.9. The van der Waals surface area contributed by atoms with Crippen LogP contribution >= 0.6 is 11.3 Å². The zero-order chi connectivity index (χ0) is 24.2. The lowest BCUT2D eigenvalue weighted by Crippen LogP contribution is -2.16. The summed E-state index contributed by atoms with van der Waals surface area (Å²) in [6.45, 7) is 5.68. The van der Waals surface area contributed by atoms with E-state index in [0.717, 1.165) is 33.2 Å². The van der Waals surface area contributed by atoms with Gasteiger partial charge in [-0.2, -0.15) is 5.10 Å². The summed E-state index contributed by atoms with van der Waals surface area (Å²) < 4.78 is 6.98. The average molecular weight is 479 g/mol. The van der Waals surface area contributed by atoms with Crippen molar-refractivity contribution < 1.29 is 14.3 Å². The number of carbonyl (C=O) groups is 2. The predicted octanol–water partition coefficient (Wildman–Crippen LogP) is 4.41. The van der Waals surface area contributed by atoms with Gasteiger partial charge in [-0.3, -0.25) is 9.48 Å². The Morgan fingerprint density at radius 2 is 2.03 bits per heavy atom. The van der Waals surface area contributed by atoms with E-state index in [0.29, 0.717) is 28.1 Å². The highest BCUT2D eigenvalue weighted by Crippen LogP contribution is 2.28. The molecule has 0 fully saturated rings. The highest BCUT2D eigenvalue weighted by atomic mass is 32.1. The third kappa shape index (κ3) is 5.40. The van der Waals surface area contributed by atoms with Crippen LogP contribution in [0.3, 0.4) is 0 Å². The molecular formula is C24H26N6O3S. The molecule has 0 unspecified atom stereocenters. The molecule has 10 heteroatoms. The molecule has 9 nitrogen and oxygen atoms in total. The molecule has 3 aromatic heterocycles. The fourth-order valence-corrected chi connectivity index (χ4v) is 4.31. The van der Waals surface area contributed by atoms with Gasteiger partial charge in [0, 0.05) is 43.4 Å². The molecular weight excluding hydrogens is 452 g/mol. The van der Waals surface area contributed by atoms with Gasteiger partial charge in [-0.05, 0) is 43.9 Å². The minimum absolute atomic E-state index is 0.207. The van der Waals surface area contributed by atoms with Crippen LogP contribution in [-0.4, -0.2) is 44.3 Å². The average Bonchev–Trinajstić information content (AvgIpc) is 3.38. The molecule has 0 aliphatic carbocycles. The van der Waals surface area contributed by atoms with E-state index in [4.69, 9.17) is 4.74 Å². The lowest BCUT2D eigenvalue weighted by molar-refractivity contribution is -0.115. The van der Waals surface area contributed by atoms with Crippen molar-refractivity contribution in [3.05, 3.63) is 53.4 Å². The number of hydrogen-bond acceptors (Lipinski definition) is 8. The lowest BCUT2D eigenvalue weighted by atomic mass is 10.0. The number of nitrogens with one attached hydrogen (secondary N) is 2. The van der Waals surface area contributed by atoms with E-state index in [2.05, 4.69) is 37.8 Å². The Hall–Kier alpha value is -3.79. The van der Waals surface area contributed by atoms with Gasteiger partial charge in [0.1, 0.15) is 10.7 Å². The molecule has 176 valence electrons. The van der Waals surface area contributed by atoms with E-state index in [1.54, 1.807) is 31.6 Å². The maximum absolute atomic E-state index is 12.4. The number of fused-ring (bicyclic) bond motifs is 1. The Kier molecular flexibility index (Phi) is 6.87. The van der Waals surface area contributed by atoms with E-state index in [1.165, 1.54) is 0 Å². The molecule has 0 aliphatic heterocycles. The number of thiazole rings is 1. The first kappa shape index (κ1) is 23.4. The summed E-state index contributed by atoms with van der Waals surface area (Å²) in [7, 11) is 1.88. The van der Waals surface area contributed by atoms with Crippen molar-refractivity contribution in [3.63, 3.8) is 0 Å². The molecule has 0 saturated heterocycles. The van der Waals surface area contributed by atoms with Gasteiger partial charge < -0.3 is 15.4 Å². The summed E-state index contributed by atoms with van der Waals surface area (Å²) >= 11 is 1.11. The molecule has 1 aromatic carbocycles. The van der Waals surface area contributed by atoms with Crippen molar-refractivity contribution in [3.8, 4) is 11.1 Å². The third-order valence-corrected chi connectivity index (χ3v) is 6.07. The van der Waals surface area contributed by atoms with Gasteiger partial charge in [0.25, 0.3) is 0 Å². The van der Waals surface area contributed by atoms with Crippen molar-refractivity contribution >= 4 is 44.9 Å². The van der Waals surface area contributed by atoms with Crippen molar-refractivity contribution in [2.45, 2.75) is 33.3 Å². The van der Waals surface area contributed by atoms with Crippen LogP contribution in [0.2, 0.25) is 0 Å². The monoisotopic (exact) mass is 478 g/mol. The normalized spacial score (nSPS) is 11.1. The van der Waals surface area contributed by atoms with Crippen LogP contribution in [0, 0.1) is 6.92 Å². The van der Waals surface area contributed by atoms with Crippen LogP contribution in [0.5, 0.6) is 0 Å². The minimum Gasteiger partial charge on any atom is -0.459 e. The number of aryl methyl sites for hydroxylation is 2. The van der Waals surface area contributed by atoms with Gasteiger partial charge in [-0.1, -0.05) is 23.5 Å². The maximum Gasteiger partial charge on any atom is 0.350 e. The molecule has 4 rings (SSSR count). The molecule has 0 saturated carbocycles. The van der Waals surface area contributed by atoms with E-state index in [9.17, 15) is 9.59 Å². The molecule has 1 amide bonds. The number of benzene rings is 1. The van der Waals surface area contributed by atoms with Gasteiger partial charge >= 0.3 is 5.97 Å². The number of amides is 1. The molecule has 2 N–H and O–H groups in total. The zero-order valence-corrected chi connectivity index (χ0v) is 20.3. The fourth-order valence-electron chi connectivity index (χ4n) is 3.44. The Labute approximate surface area is 201 Å². The summed E-state index contributed by atoms with van der Waals surface area (Å²) in [6, 6.07) is 8.12. The van der Waals surface area contributed by atoms with Crippen LogP contribution in [0.15, 0.2) is 42.9 Å². The topological polar surface area (TPSA) is 111 Å². The zero-order valence-electron chi connectivity index (χ0n) is 19.5. The van der Waals surface area contributed by atoms with E-state index in [-0.39, 0.29) is 18.4 Å². The second-order valence-electron chi connectivity index (χ2n) is 8.11. The fraction of sp³-hybridized carbons (Fsp3) is 0.292. The minimum atomic E-state index is -0.431. The molecule has 4 aromatic rings. The van der Waals surface area contributed by atoms with Crippen molar-refractivity contribution in [1.29, 1.82) is 0 Å².